The van der Waals surface area contributed by atoms with Crippen LogP contribution in [0, 0.1) is 0 Å². The summed E-state index contributed by atoms with van der Waals surface area (Å²) in [5.74, 6) is 5.46. The van der Waals surface area contributed by atoms with Crippen LogP contribution in [0.4, 0.5) is 0 Å². The Labute approximate surface area is 308 Å². The van der Waals surface area contributed by atoms with Crippen molar-refractivity contribution in [1.82, 2.24) is 19.8 Å². The number of aromatic amines is 1. The van der Waals surface area contributed by atoms with Crippen molar-refractivity contribution in [1.29, 1.82) is 0 Å². The predicted molar refractivity (Wildman–Crippen MR) is 197 cm³/mol. The summed E-state index contributed by atoms with van der Waals surface area (Å²) in [6.45, 7) is 2.15. The molecule has 11 nitrogen and oxygen atoms in total. The second-order valence-corrected chi connectivity index (χ2v) is 14.2. The molecule has 53 heavy (non-hydrogen) atoms. The number of ether oxygens (including phenoxy) is 6. The van der Waals surface area contributed by atoms with Crippen LogP contribution in [0.3, 0.4) is 0 Å². The lowest BCUT2D eigenvalue weighted by atomic mass is 9.87. The quantitative estimate of drug-likeness (QED) is 0.181. The van der Waals surface area contributed by atoms with Crippen molar-refractivity contribution in [2.24, 2.45) is 0 Å². The van der Waals surface area contributed by atoms with Gasteiger partial charge in [-0.3, -0.25) is 14.6 Å². The van der Waals surface area contributed by atoms with E-state index in [4.69, 9.17) is 28.4 Å². The largest absolute Gasteiger partial charge is 0.493 e. The Bertz CT molecular complexity index is 2170. The minimum absolute atomic E-state index is 0.0250. The maximum Gasteiger partial charge on any atom is 0.231 e. The molecule has 0 radical (unpaired) electrons. The van der Waals surface area contributed by atoms with Crippen LogP contribution in [0.1, 0.15) is 62.5 Å². The van der Waals surface area contributed by atoms with E-state index in [0.29, 0.717) is 51.8 Å². The molecule has 10 rings (SSSR count). The summed E-state index contributed by atoms with van der Waals surface area (Å²) in [6.07, 6.45) is 6.64. The lowest BCUT2D eigenvalue weighted by Gasteiger charge is -2.37. The molecule has 5 aliphatic heterocycles. The Morgan fingerprint density at radius 3 is 2.42 bits per heavy atom. The van der Waals surface area contributed by atoms with Crippen LogP contribution in [0.2, 0.25) is 0 Å². The summed E-state index contributed by atoms with van der Waals surface area (Å²) in [4.78, 5) is 24.4. The van der Waals surface area contributed by atoms with Crippen molar-refractivity contribution < 1.29 is 33.2 Å². The number of likely N-dealkylation sites (N-methyl/N-ethyl adjacent to an activating group) is 2. The number of methoxy groups -OCH3 is 1. The topological polar surface area (TPSA) is 108 Å². The number of rotatable bonds is 6. The number of H-pyrrole nitrogens is 1. The van der Waals surface area contributed by atoms with Gasteiger partial charge >= 0.3 is 0 Å². The second kappa shape index (κ2) is 13.8. The van der Waals surface area contributed by atoms with Gasteiger partial charge < -0.3 is 33.4 Å². The van der Waals surface area contributed by atoms with Gasteiger partial charge in [0.05, 0.1) is 13.7 Å². The van der Waals surface area contributed by atoms with E-state index >= 15 is 0 Å². The highest BCUT2D eigenvalue weighted by Gasteiger charge is 2.36. The van der Waals surface area contributed by atoms with Crippen LogP contribution in [-0.4, -0.2) is 73.2 Å². The highest BCUT2D eigenvalue weighted by Crippen LogP contribution is 2.53. The van der Waals surface area contributed by atoms with Gasteiger partial charge in [0, 0.05) is 49.6 Å². The van der Waals surface area contributed by atoms with E-state index in [1.807, 2.05) is 18.2 Å². The smallest absolute Gasteiger partial charge is 0.231 e. The fraction of sp³-hybridized carbons (Fsp3) is 0.333. The highest BCUT2D eigenvalue weighted by atomic mass is 16.7. The van der Waals surface area contributed by atoms with E-state index in [1.54, 1.807) is 19.5 Å². The van der Waals surface area contributed by atoms with Crippen LogP contribution in [0.15, 0.2) is 73.1 Å². The lowest BCUT2D eigenvalue weighted by molar-refractivity contribution is 0.0952. The Morgan fingerprint density at radius 1 is 0.830 bits per heavy atom. The van der Waals surface area contributed by atoms with Crippen molar-refractivity contribution in [3.05, 3.63) is 112 Å². The molecule has 5 aromatic rings. The number of ketones is 1. The Hall–Kier alpha value is -5.52. The molecule has 5 aliphatic rings. The van der Waals surface area contributed by atoms with E-state index in [0.717, 1.165) is 55.5 Å². The molecule has 0 saturated heterocycles. The Balaban J connectivity index is 1.14. The third kappa shape index (κ3) is 6.34. The number of carbonyl (C=O) groups excluding carboxylic acids is 1. The molecule has 0 saturated carbocycles. The molecule has 6 bridgehead atoms. The minimum Gasteiger partial charge on any atom is -0.493 e. The molecule has 0 amide bonds. The van der Waals surface area contributed by atoms with Crippen molar-refractivity contribution in [2.45, 2.75) is 44.2 Å². The van der Waals surface area contributed by atoms with Crippen LogP contribution in [-0.2, 0) is 25.7 Å². The van der Waals surface area contributed by atoms with Crippen molar-refractivity contribution in [3.8, 4) is 46.0 Å². The van der Waals surface area contributed by atoms with Crippen molar-refractivity contribution >= 4 is 5.78 Å². The molecule has 11 heteroatoms. The third-order valence-electron chi connectivity index (χ3n) is 11.0. The van der Waals surface area contributed by atoms with Crippen molar-refractivity contribution in [3.63, 3.8) is 0 Å². The first kappa shape index (κ1) is 33.3. The maximum atomic E-state index is 12.6. The number of hydrogen-bond donors (Lipinski definition) is 1. The number of Topliss-reactive ketones (excluding diaryl/α,β-unsaturated/α-hetero) is 1. The van der Waals surface area contributed by atoms with Crippen LogP contribution in [0.5, 0.6) is 46.0 Å². The van der Waals surface area contributed by atoms with Gasteiger partial charge in [-0.2, -0.15) is 0 Å². The zero-order valence-electron chi connectivity index (χ0n) is 30.1. The molecule has 1 N–H and O–H groups in total. The van der Waals surface area contributed by atoms with Gasteiger partial charge in [-0.25, -0.2) is 4.98 Å². The summed E-state index contributed by atoms with van der Waals surface area (Å²) in [7, 11) is 6.03. The number of fused-ring (bicyclic) bond motifs is 3. The molecule has 0 aliphatic carbocycles. The summed E-state index contributed by atoms with van der Waals surface area (Å²) in [6, 6.07) is 20.8. The first-order valence-electron chi connectivity index (χ1n) is 18.2. The van der Waals surface area contributed by atoms with Gasteiger partial charge in [0.15, 0.2) is 40.3 Å². The molecular formula is C42H42N4O7. The molecule has 0 fully saturated rings. The Kier molecular flexibility index (Phi) is 8.67. The van der Waals surface area contributed by atoms with Crippen LogP contribution >= 0.6 is 0 Å². The predicted octanol–water partition coefficient (Wildman–Crippen LogP) is 7.24. The number of nitrogens with zero attached hydrogens (tertiary/aromatic N) is 3. The summed E-state index contributed by atoms with van der Waals surface area (Å²) in [5, 5.41) is 0. The fourth-order valence-electron chi connectivity index (χ4n) is 8.07. The molecule has 0 unspecified atom stereocenters. The molecule has 4 aromatic carbocycles. The first-order valence-corrected chi connectivity index (χ1v) is 18.2. The van der Waals surface area contributed by atoms with E-state index in [2.05, 4.69) is 76.3 Å². The average Bonchev–Trinajstić information content (AvgIpc) is 3.88. The number of nitrogens with one attached hydrogen (secondary N) is 1. The highest BCUT2D eigenvalue weighted by molar-refractivity contribution is 5.92. The fourth-order valence-corrected chi connectivity index (χ4v) is 8.07. The van der Waals surface area contributed by atoms with Crippen LogP contribution in [0.25, 0.3) is 0 Å². The number of carbonyl (C=O) groups is 1. The average molecular weight is 715 g/mol. The number of imidazole rings is 1. The second-order valence-electron chi connectivity index (χ2n) is 14.2. The molecule has 272 valence electrons. The number of hydrogen-bond acceptors (Lipinski definition) is 10. The molecule has 0 spiro atoms. The zero-order chi connectivity index (χ0) is 36.1. The van der Waals surface area contributed by atoms with Gasteiger partial charge in [0.1, 0.15) is 5.75 Å². The molecule has 1 aromatic heterocycles. The van der Waals surface area contributed by atoms with Gasteiger partial charge in [0.2, 0.25) is 18.3 Å². The number of benzene rings is 4. The normalized spacial score (nSPS) is 19.0. The molecular weight excluding hydrogens is 672 g/mol. The summed E-state index contributed by atoms with van der Waals surface area (Å²) >= 11 is 0. The Morgan fingerprint density at radius 2 is 1.60 bits per heavy atom. The van der Waals surface area contributed by atoms with Crippen LogP contribution < -0.4 is 28.4 Å². The first-order chi connectivity index (χ1) is 25.9. The third-order valence-corrected chi connectivity index (χ3v) is 11.0. The zero-order valence-corrected chi connectivity index (χ0v) is 30.1. The maximum absolute atomic E-state index is 12.6. The monoisotopic (exact) mass is 714 g/mol. The lowest BCUT2D eigenvalue weighted by Crippen LogP contribution is -2.34. The van der Waals surface area contributed by atoms with Gasteiger partial charge in [-0.15, -0.1) is 0 Å². The van der Waals surface area contributed by atoms with Gasteiger partial charge in [-0.1, -0.05) is 18.2 Å². The minimum atomic E-state index is -0.111. The summed E-state index contributed by atoms with van der Waals surface area (Å²) < 4.78 is 37.9. The standard InChI is InChI=1S/C42H42N4O7/c1-45-15-10-27-21-35(48-3)37-23-30(27)31(45)19-26-6-9-34(49-17-12-33(47)42-43-13-14-44-42)36(20-26)52-29-7-4-25(5-8-29)18-32-39-28(11-16-46(32)2)22-38-40(41(39)53-37)51-24-50-38/h4-9,13-14,20-23,31-32H,10-12,15-19,24H2,1-3H3,(H,43,44)/t31-,32+/m1/s1. The van der Waals surface area contributed by atoms with Gasteiger partial charge in [-0.05, 0) is 110 Å². The summed E-state index contributed by atoms with van der Waals surface area (Å²) in [5.41, 5.74) is 6.99. The van der Waals surface area contributed by atoms with E-state index in [1.165, 1.54) is 16.7 Å². The molecule has 6 heterocycles. The number of aromatic nitrogens is 2. The van der Waals surface area contributed by atoms with E-state index < -0.39 is 0 Å². The van der Waals surface area contributed by atoms with Crippen molar-refractivity contribution in [2.75, 3.05) is 47.7 Å². The molecule has 2 atom stereocenters. The SMILES string of the molecule is COc1cc2c3cc1Oc1c4c(cc5c1[C@H](Cc1ccc(cc1)Oc1cc(ccc1OCCC(=O)c1ncc[nH]1)C[C@H]3N(C)CC2)N(C)CC5)OCO4. The van der Waals surface area contributed by atoms with Gasteiger partial charge in [0.25, 0.3) is 0 Å². The van der Waals surface area contributed by atoms with E-state index in [-0.39, 0.29) is 37.7 Å². The van der Waals surface area contributed by atoms with E-state index in [9.17, 15) is 4.79 Å².